The topological polar surface area (TPSA) is 101 Å². The lowest BCUT2D eigenvalue weighted by atomic mass is 10.1. The van der Waals surface area contributed by atoms with Crippen LogP contribution in [0, 0.1) is 10.1 Å². The molecule has 2 N–H and O–H groups in total. The Labute approximate surface area is 144 Å². The number of aryl methyl sites for hydroxylation is 2. The van der Waals surface area contributed by atoms with E-state index in [1.807, 2.05) is 18.2 Å². The van der Waals surface area contributed by atoms with Crippen LogP contribution in [0.15, 0.2) is 42.5 Å². The first-order valence-corrected chi connectivity index (χ1v) is 7.97. The molecule has 0 aliphatic heterocycles. The van der Waals surface area contributed by atoms with Gasteiger partial charge in [0.1, 0.15) is 0 Å². The highest BCUT2D eigenvalue weighted by Gasteiger charge is 2.14. The van der Waals surface area contributed by atoms with E-state index in [2.05, 4.69) is 10.6 Å². The molecule has 0 heterocycles. The first-order valence-electron chi connectivity index (χ1n) is 7.97. The summed E-state index contributed by atoms with van der Waals surface area (Å²) in [6.45, 7) is -0.210. The van der Waals surface area contributed by atoms with Crippen LogP contribution in [-0.2, 0) is 17.6 Å². The van der Waals surface area contributed by atoms with Crippen molar-refractivity contribution in [3.05, 3.63) is 69.3 Å². The van der Waals surface area contributed by atoms with Crippen LogP contribution < -0.4 is 10.6 Å². The zero-order valence-electron chi connectivity index (χ0n) is 13.5. The van der Waals surface area contributed by atoms with Gasteiger partial charge in [-0.3, -0.25) is 19.7 Å². The molecule has 0 saturated heterocycles. The van der Waals surface area contributed by atoms with Crippen molar-refractivity contribution in [1.29, 1.82) is 0 Å². The van der Waals surface area contributed by atoms with Crippen molar-refractivity contribution in [3.63, 3.8) is 0 Å². The van der Waals surface area contributed by atoms with Crippen LogP contribution in [0.3, 0.4) is 0 Å². The fourth-order valence-electron chi connectivity index (χ4n) is 2.88. The van der Waals surface area contributed by atoms with Gasteiger partial charge in [-0.2, -0.15) is 0 Å². The third-order valence-corrected chi connectivity index (χ3v) is 4.11. The third kappa shape index (κ3) is 4.00. The maximum atomic E-state index is 12.0. The van der Waals surface area contributed by atoms with Gasteiger partial charge in [0.15, 0.2) is 0 Å². The van der Waals surface area contributed by atoms with Gasteiger partial charge < -0.3 is 10.6 Å². The molecule has 7 heteroatoms. The molecule has 3 rings (SSSR count). The molecule has 2 aromatic rings. The fourth-order valence-corrected chi connectivity index (χ4v) is 2.88. The van der Waals surface area contributed by atoms with Gasteiger partial charge in [0.2, 0.25) is 5.91 Å². The molecule has 2 amide bonds. The second kappa shape index (κ2) is 7.12. The number of carbonyl (C=O) groups is 2. The maximum Gasteiger partial charge on any atom is 0.270 e. The van der Waals surface area contributed by atoms with Gasteiger partial charge in [-0.1, -0.05) is 12.1 Å². The summed E-state index contributed by atoms with van der Waals surface area (Å²) in [6, 6.07) is 11.2. The summed E-state index contributed by atoms with van der Waals surface area (Å²) in [5, 5.41) is 15.9. The van der Waals surface area contributed by atoms with Crippen molar-refractivity contribution in [1.82, 2.24) is 5.32 Å². The lowest BCUT2D eigenvalue weighted by Gasteiger charge is -2.08. The average Bonchev–Trinajstić information content (AvgIpc) is 3.07. The molecule has 1 aliphatic rings. The molecule has 0 unspecified atom stereocenters. The Kier molecular flexibility index (Phi) is 4.74. The number of nitrogens with zero attached hydrogens (tertiary/aromatic N) is 1. The number of amides is 2. The molecule has 0 spiro atoms. The Morgan fingerprint density at radius 3 is 2.68 bits per heavy atom. The number of nitro groups is 1. The first kappa shape index (κ1) is 16.6. The van der Waals surface area contributed by atoms with E-state index >= 15 is 0 Å². The van der Waals surface area contributed by atoms with E-state index in [0.717, 1.165) is 19.3 Å². The molecule has 1 aliphatic carbocycles. The standard InChI is InChI=1S/C18H17N3O4/c22-17(20-15-8-7-12-3-1-4-13(12)9-15)11-19-18(23)14-5-2-6-16(10-14)21(24)25/h2,5-10H,1,3-4,11H2,(H,19,23)(H,20,22). The SMILES string of the molecule is O=C(CNC(=O)c1cccc([N+](=O)[O-])c1)Nc1ccc2c(c1)CCC2. The Balaban J connectivity index is 1.56. The molecule has 0 atom stereocenters. The molecule has 0 radical (unpaired) electrons. The van der Waals surface area contributed by atoms with Crippen LogP contribution in [-0.4, -0.2) is 23.3 Å². The Morgan fingerprint density at radius 1 is 1.08 bits per heavy atom. The largest absolute Gasteiger partial charge is 0.343 e. The van der Waals surface area contributed by atoms with Crippen molar-refractivity contribution in [2.24, 2.45) is 0 Å². The number of anilines is 1. The van der Waals surface area contributed by atoms with Crippen molar-refractivity contribution in [3.8, 4) is 0 Å². The number of carbonyl (C=O) groups excluding carboxylic acids is 2. The lowest BCUT2D eigenvalue weighted by Crippen LogP contribution is -2.32. The first-order chi connectivity index (χ1) is 12.0. The van der Waals surface area contributed by atoms with Gasteiger partial charge in [0.25, 0.3) is 11.6 Å². The summed E-state index contributed by atoms with van der Waals surface area (Å²) in [6.07, 6.45) is 3.22. The summed E-state index contributed by atoms with van der Waals surface area (Å²) >= 11 is 0. The van der Waals surface area contributed by atoms with Crippen molar-refractivity contribution in [2.75, 3.05) is 11.9 Å². The van der Waals surface area contributed by atoms with Crippen LogP contribution in [0.2, 0.25) is 0 Å². The van der Waals surface area contributed by atoms with Gasteiger partial charge in [-0.15, -0.1) is 0 Å². The van der Waals surface area contributed by atoms with Gasteiger partial charge in [-0.25, -0.2) is 0 Å². The van der Waals surface area contributed by atoms with Crippen molar-refractivity contribution < 1.29 is 14.5 Å². The highest BCUT2D eigenvalue weighted by molar-refractivity contribution is 5.99. The number of nitrogens with one attached hydrogen (secondary N) is 2. The van der Waals surface area contributed by atoms with E-state index in [4.69, 9.17) is 0 Å². The summed E-state index contributed by atoms with van der Waals surface area (Å²) < 4.78 is 0. The van der Waals surface area contributed by atoms with Gasteiger partial charge in [0.05, 0.1) is 11.5 Å². The molecular weight excluding hydrogens is 322 g/mol. The van der Waals surface area contributed by atoms with Gasteiger partial charge in [0, 0.05) is 23.4 Å². The van der Waals surface area contributed by atoms with E-state index in [-0.39, 0.29) is 23.7 Å². The molecule has 25 heavy (non-hydrogen) atoms. The number of rotatable bonds is 5. The Bertz CT molecular complexity index is 848. The zero-order chi connectivity index (χ0) is 17.8. The predicted molar refractivity (Wildman–Crippen MR) is 92.5 cm³/mol. The highest BCUT2D eigenvalue weighted by atomic mass is 16.6. The predicted octanol–water partition coefficient (Wildman–Crippen LogP) is 2.45. The van der Waals surface area contributed by atoms with Crippen molar-refractivity contribution >= 4 is 23.2 Å². The summed E-state index contributed by atoms with van der Waals surface area (Å²) in [5.41, 5.74) is 3.24. The number of nitro benzene ring substituents is 1. The molecule has 2 aromatic carbocycles. The van der Waals surface area contributed by atoms with Crippen LogP contribution in [0.5, 0.6) is 0 Å². The summed E-state index contributed by atoms with van der Waals surface area (Å²) in [4.78, 5) is 34.2. The molecule has 0 saturated carbocycles. The molecule has 0 bridgehead atoms. The van der Waals surface area contributed by atoms with E-state index in [9.17, 15) is 19.7 Å². The van der Waals surface area contributed by atoms with E-state index in [1.165, 1.54) is 35.4 Å². The number of benzene rings is 2. The third-order valence-electron chi connectivity index (χ3n) is 4.11. The molecule has 128 valence electrons. The molecule has 7 nitrogen and oxygen atoms in total. The lowest BCUT2D eigenvalue weighted by molar-refractivity contribution is -0.384. The normalized spacial score (nSPS) is 12.3. The molecule has 0 aromatic heterocycles. The number of hydrogen-bond acceptors (Lipinski definition) is 4. The van der Waals surface area contributed by atoms with Crippen LogP contribution in [0.25, 0.3) is 0 Å². The van der Waals surface area contributed by atoms with Crippen LogP contribution in [0.1, 0.15) is 27.9 Å². The minimum Gasteiger partial charge on any atom is -0.343 e. The number of fused-ring (bicyclic) bond motifs is 1. The average molecular weight is 339 g/mol. The molecule has 0 fully saturated rings. The summed E-state index contributed by atoms with van der Waals surface area (Å²) in [5.74, 6) is -0.885. The van der Waals surface area contributed by atoms with Crippen LogP contribution >= 0.6 is 0 Å². The fraction of sp³-hybridized carbons (Fsp3) is 0.222. The quantitative estimate of drug-likeness (QED) is 0.645. The monoisotopic (exact) mass is 339 g/mol. The number of non-ortho nitro benzene ring substituents is 1. The minimum atomic E-state index is -0.572. The highest BCUT2D eigenvalue weighted by Crippen LogP contribution is 2.24. The smallest absolute Gasteiger partial charge is 0.270 e. The Morgan fingerprint density at radius 2 is 1.88 bits per heavy atom. The van der Waals surface area contributed by atoms with Crippen molar-refractivity contribution in [2.45, 2.75) is 19.3 Å². The molecular formula is C18H17N3O4. The zero-order valence-corrected chi connectivity index (χ0v) is 13.5. The number of hydrogen-bond donors (Lipinski definition) is 2. The van der Waals surface area contributed by atoms with Gasteiger partial charge in [-0.05, 0) is 48.6 Å². The second-order valence-corrected chi connectivity index (χ2v) is 5.88. The van der Waals surface area contributed by atoms with E-state index < -0.39 is 10.8 Å². The van der Waals surface area contributed by atoms with E-state index in [0.29, 0.717) is 5.69 Å². The van der Waals surface area contributed by atoms with Gasteiger partial charge >= 0.3 is 0 Å². The Hall–Kier alpha value is -3.22. The summed E-state index contributed by atoms with van der Waals surface area (Å²) in [7, 11) is 0. The minimum absolute atomic E-state index is 0.138. The van der Waals surface area contributed by atoms with Crippen LogP contribution in [0.4, 0.5) is 11.4 Å². The second-order valence-electron chi connectivity index (χ2n) is 5.88. The van der Waals surface area contributed by atoms with E-state index in [1.54, 1.807) is 0 Å². The maximum absolute atomic E-state index is 12.0.